The van der Waals surface area contributed by atoms with Gasteiger partial charge in [-0.3, -0.25) is 18.9 Å². The van der Waals surface area contributed by atoms with Gasteiger partial charge in [0.25, 0.3) is 11.5 Å². The predicted molar refractivity (Wildman–Crippen MR) is 132 cm³/mol. The fourth-order valence-corrected chi connectivity index (χ4v) is 5.24. The Labute approximate surface area is 196 Å². The molecule has 4 heterocycles. The standard InChI is InChI=1S/C22H27N5O3S2/c1-4-24-8-10-25(11-9-24)19-16(20(28)26-7-5-6-15(2)18(26)23-19)14-17-21(29)27(12-13-30-3)22(31)32-17/h5-7,14H,4,8-13H2,1-3H3/b17-14-. The Balaban J connectivity index is 1.80. The van der Waals surface area contributed by atoms with Crippen LogP contribution in [-0.2, 0) is 9.53 Å². The third-order valence-corrected chi connectivity index (χ3v) is 7.23. The smallest absolute Gasteiger partial charge is 0.267 e. The molecule has 4 rings (SSSR count). The largest absolute Gasteiger partial charge is 0.383 e. The zero-order valence-electron chi connectivity index (χ0n) is 18.5. The minimum absolute atomic E-state index is 0.186. The molecule has 2 aliphatic heterocycles. The van der Waals surface area contributed by atoms with Crippen LogP contribution in [0.3, 0.4) is 0 Å². The van der Waals surface area contributed by atoms with Crippen LogP contribution in [0.15, 0.2) is 28.0 Å². The summed E-state index contributed by atoms with van der Waals surface area (Å²) in [4.78, 5) is 37.9. The molecule has 2 fully saturated rings. The van der Waals surface area contributed by atoms with E-state index in [0.29, 0.717) is 39.4 Å². The summed E-state index contributed by atoms with van der Waals surface area (Å²) < 4.78 is 7.12. The molecule has 1 amide bonds. The topological polar surface area (TPSA) is 70.4 Å². The van der Waals surface area contributed by atoms with E-state index in [9.17, 15) is 9.59 Å². The summed E-state index contributed by atoms with van der Waals surface area (Å²) in [5, 5.41) is 0. The van der Waals surface area contributed by atoms with Crippen molar-refractivity contribution in [2.45, 2.75) is 13.8 Å². The Bertz CT molecular complexity index is 1140. The van der Waals surface area contributed by atoms with Crippen LogP contribution in [0.5, 0.6) is 0 Å². The van der Waals surface area contributed by atoms with Crippen LogP contribution in [0.1, 0.15) is 18.1 Å². The maximum absolute atomic E-state index is 13.5. The van der Waals surface area contributed by atoms with Crippen molar-refractivity contribution < 1.29 is 9.53 Å². The van der Waals surface area contributed by atoms with Crippen LogP contribution in [0.25, 0.3) is 11.7 Å². The number of aryl methyl sites for hydroxylation is 1. The van der Waals surface area contributed by atoms with E-state index in [1.165, 1.54) is 16.7 Å². The van der Waals surface area contributed by atoms with E-state index in [-0.39, 0.29) is 11.5 Å². The molecule has 10 heteroatoms. The number of carbonyl (C=O) groups is 1. The highest BCUT2D eigenvalue weighted by Crippen LogP contribution is 2.33. The van der Waals surface area contributed by atoms with Crippen molar-refractivity contribution in [1.29, 1.82) is 0 Å². The van der Waals surface area contributed by atoms with Crippen LogP contribution in [0.4, 0.5) is 5.82 Å². The summed E-state index contributed by atoms with van der Waals surface area (Å²) in [5.74, 6) is 0.426. The molecule has 0 radical (unpaired) electrons. The van der Waals surface area contributed by atoms with Crippen molar-refractivity contribution in [2.24, 2.45) is 0 Å². The summed E-state index contributed by atoms with van der Waals surface area (Å²) in [6.45, 7) is 9.24. The molecule has 0 spiro atoms. The first-order valence-electron chi connectivity index (χ1n) is 10.7. The van der Waals surface area contributed by atoms with E-state index in [1.807, 2.05) is 19.1 Å². The van der Waals surface area contributed by atoms with Crippen LogP contribution < -0.4 is 10.5 Å². The molecule has 0 aliphatic carbocycles. The van der Waals surface area contributed by atoms with Gasteiger partial charge in [0.1, 0.15) is 15.8 Å². The van der Waals surface area contributed by atoms with E-state index in [0.717, 1.165) is 38.3 Å². The van der Waals surface area contributed by atoms with Crippen molar-refractivity contribution in [3.63, 3.8) is 0 Å². The number of carbonyl (C=O) groups excluding carboxylic acids is 1. The highest BCUT2D eigenvalue weighted by molar-refractivity contribution is 8.26. The SMILES string of the molecule is CCN1CCN(c2nc3c(C)cccn3c(=O)c2/C=C2\SC(=S)N(CCOC)C2=O)CC1. The van der Waals surface area contributed by atoms with Gasteiger partial charge in [-0.05, 0) is 31.2 Å². The predicted octanol–water partition coefficient (Wildman–Crippen LogP) is 1.99. The number of methoxy groups -OCH3 is 1. The molecule has 170 valence electrons. The summed E-state index contributed by atoms with van der Waals surface area (Å²) >= 11 is 6.61. The number of hydrogen-bond donors (Lipinski definition) is 0. The number of amides is 1. The molecule has 0 aromatic carbocycles. The first-order chi connectivity index (χ1) is 15.4. The van der Waals surface area contributed by atoms with Gasteiger partial charge in [-0.1, -0.05) is 37.0 Å². The van der Waals surface area contributed by atoms with Gasteiger partial charge in [0, 0.05) is 39.5 Å². The molecule has 8 nitrogen and oxygen atoms in total. The Morgan fingerprint density at radius 3 is 2.69 bits per heavy atom. The van der Waals surface area contributed by atoms with Gasteiger partial charge >= 0.3 is 0 Å². The second-order valence-electron chi connectivity index (χ2n) is 7.79. The lowest BCUT2D eigenvalue weighted by atomic mass is 10.2. The highest BCUT2D eigenvalue weighted by atomic mass is 32.2. The number of rotatable bonds is 6. The van der Waals surface area contributed by atoms with Crippen molar-refractivity contribution in [1.82, 2.24) is 19.2 Å². The van der Waals surface area contributed by atoms with Crippen LogP contribution in [0, 0.1) is 6.92 Å². The van der Waals surface area contributed by atoms with Crippen molar-refractivity contribution >= 4 is 51.7 Å². The summed E-state index contributed by atoms with van der Waals surface area (Å²) in [5.41, 5.74) is 1.80. The van der Waals surface area contributed by atoms with Gasteiger partial charge in [0.2, 0.25) is 0 Å². The average Bonchev–Trinajstić information content (AvgIpc) is 3.07. The van der Waals surface area contributed by atoms with Gasteiger partial charge in [-0.2, -0.15) is 0 Å². The molecule has 32 heavy (non-hydrogen) atoms. The van der Waals surface area contributed by atoms with Gasteiger partial charge in [-0.25, -0.2) is 4.98 Å². The molecule has 0 atom stereocenters. The number of ether oxygens (including phenoxy) is 1. The lowest BCUT2D eigenvalue weighted by molar-refractivity contribution is -0.122. The highest BCUT2D eigenvalue weighted by Gasteiger charge is 2.33. The average molecular weight is 474 g/mol. The number of thioether (sulfide) groups is 1. The van der Waals surface area contributed by atoms with Crippen LogP contribution in [0.2, 0.25) is 0 Å². The van der Waals surface area contributed by atoms with Crippen molar-refractivity contribution in [3.05, 3.63) is 44.7 Å². The first-order valence-corrected chi connectivity index (χ1v) is 11.9. The zero-order valence-corrected chi connectivity index (χ0v) is 20.2. The van der Waals surface area contributed by atoms with Crippen molar-refractivity contribution in [2.75, 3.05) is 57.9 Å². The third kappa shape index (κ3) is 4.32. The monoisotopic (exact) mass is 473 g/mol. The van der Waals surface area contributed by atoms with E-state index in [4.69, 9.17) is 21.9 Å². The number of fused-ring (bicyclic) bond motifs is 1. The number of piperazine rings is 1. The number of hydrogen-bond acceptors (Lipinski definition) is 8. The molecular formula is C22H27N5O3S2. The number of anilines is 1. The normalized spacial score (nSPS) is 19.0. The molecule has 2 aliphatic rings. The van der Waals surface area contributed by atoms with Gasteiger partial charge in [0.05, 0.1) is 23.6 Å². The zero-order chi connectivity index (χ0) is 22.8. The van der Waals surface area contributed by atoms with E-state index >= 15 is 0 Å². The summed E-state index contributed by atoms with van der Waals surface area (Å²) in [6.07, 6.45) is 3.38. The molecule has 2 aromatic heterocycles. The molecular weight excluding hydrogens is 446 g/mol. The molecule has 0 unspecified atom stereocenters. The Kier molecular flexibility index (Phi) is 6.94. The minimum Gasteiger partial charge on any atom is -0.383 e. The minimum atomic E-state index is -0.201. The number of pyridine rings is 1. The maximum Gasteiger partial charge on any atom is 0.267 e. The third-order valence-electron chi connectivity index (χ3n) is 5.85. The van der Waals surface area contributed by atoms with Gasteiger partial charge in [-0.15, -0.1) is 0 Å². The Hall–Kier alpha value is -2.27. The van der Waals surface area contributed by atoms with E-state index in [2.05, 4.69) is 16.7 Å². The fourth-order valence-electron chi connectivity index (χ4n) is 3.95. The Morgan fingerprint density at radius 2 is 2.00 bits per heavy atom. The quantitative estimate of drug-likeness (QED) is 0.466. The number of thiocarbonyl (C=S) groups is 1. The van der Waals surface area contributed by atoms with Crippen molar-refractivity contribution in [3.8, 4) is 0 Å². The summed E-state index contributed by atoms with van der Waals surface area (Å²) in [6, 6.07) is 3.78. The Morgan fingerprint density at radius 1 is 1.25 bits per heavy atom. The van der Waals surface area contributed by atoms with E-state index < -0.39 is 0 Å². The van der Waals surface area contributed by atoms with Gasteiger partial charge in [0.15, 0.2) is 0 Å². The lowest BCUT2D eigenvalue weighted by Gasteiger charge is -2.35. The number of nitrogens with zero attached hydrogens (tertiary/aromatic N) is 5. The molecule has 0 bridgehead atoms. The van der Waals surface area contributed by atoms with Crippen LogP contribution in [-0.4, -0.2) is 82.4 Å². The molecule has 0 N–H and O–H groups in total. The summed E-state index contributed by atoms with van der Waals surface area (Å²) in [7, 11) is 1.59. The van der Waals surface area contributed by atoms with E-state index in [1.54, 1.807) is 23.8 Å². The molecule has 2 saturated heterocycles. The second-order valence-corrected chi connectivity index (χ2v) is 9.46. The fraction of sp³-hybridized carbons (Fsp3) is 0.455. The first kappa shape index (κ1) is 22.9. The van der Waals surface area contributed by atoms with Crippen LogP contribution >= 0.6 is 24.0 Å². The molecule has 0 saturated carbocycles. The lowest BCUT2D eigenvalue weighted by Crippen LogP contribution is -2.47. The second kappa shape index (κ2) is 9.70. The van der Waals surface area contributed by atoms with Gasteiger partial charge < -0.3 is 14.5 Å². The maximum atomic E-state index is 13.5. The number of aromatic nitrogens is 2. The molecule has 2 aromatic rings. The number of likely N-dealkylation sites (N-methyl/N-ethyl adjacent to an activating group) is 1.